The maximum absolute atomic E-state index is 12.4. The van der Waals surface area contributed by atoms with Gasteiger partial charge in [-0.1, -0.05) is 40.0 Å². The summed E-state index contributed by atoms with van der Waals surface area (Å²) in [6.07, 6.45) is 0. The van der Waals surface area contributed by atoms with Crippen LogP contribution >= 0.6 is 34.8 Å². The van der Waals surface area contributed by atoms with Crippen LogP contribution in [0.4, 0.5) is 0 Å². The fourth-order valence-electron chi connectivity index (χ4n) is 2.16. The zero-order chi connectivity index (χ0) is 18.0. The summed E-state index contributed by atoms with van der Waals surface area (Å²) >= 11 is 17.7. The van der Waals surface area contributed by atoms with Gasteiger partial charge in [-0.25, -0.2) is 0 Å². The molecular weight excluding hydrogens is 385 g/mol. The summed E-state index contributed by atoms with van der Waals surface area (Å²) in [6, 6.07) is 11.8. The van der Waals surface area contributed by atoms with Gasteiger partial charge in [-0.3, -0.25) is 4.79 Å². The molecule has 1 aromatic heterocycles. The van der Waals surface area contributed by atoms with Gasteiger partial charge in [0.1, 0.15) is 0 Å². The molecule has 5 nitrogen and oxygen atoms in total. The number of hydrogen-bond acceptors (Lipinski definition) is 4. The Bertz CT molecular complexity index is 910. The van der Waals surface area contributed by atoms with Gasteiger partial charge in [-0.15, -0.1) is 0 Å². The zero-order valence-electron chi connectivity index (χ0n) is 13.0. The van der Waals surface area contributed by atoms with Crippen molar-refractivity contribution in [2.24, 2.45) is 0 Å². The molecule has 128 valence electrons. The van der Waals surface area contributed by atoms with Crippen LogP contribution in [-0.4, -0.2) is 28.0 Å². The van der Waals surface area contributed by atoms with Crippen molar-refractivity contribution in [1.82, 2.24) is 15.0 Å². The van der Waals surface area contributed by atoms with Gasteiger partial charge in [-0.05, 0) is 42.5 Å². The predicted molar refractivity (Wildman–Crippen MR) is 97.0 cm³/mol. The van der Waals surface area contributed by atoms with E-state index in [9.17, 15) is 4.79 Å². The third kappa shape index (κ3) is 4.12. The maximum Gasteiger partial charge on any atom is 0.254 e. The first kappa shape index (κ1) is 17.7. The maximum atomic E-state index is 12.4. The summed E-state index contributed by atoms with van der Waals surface area (Å²) in [5, 5.41) is 5.26. The first-order valence-electron chi connectivity index (χ1n) is 7.23. The Morgan fingerprint density at radius 1 is 1.08 bits per heavy atom. The van der Waals surface area contributed by atoms with E-state index in [1.807, 2.05) is 0 Å². The summed E-state index contributed by atoms with van der Waals surface area (Å²) in [4.78, 5) is 18.2. The van der Waals surface area contributed by atoms with Crippen LogP contribution in [-0.2, 0) is 6.54 Å². The van der Waals surface area contributed by atoms with E-state index >= 15 is 0 Å². The first-order chi connectivity index (χ1) is 11.9. The number of nitrogens with zero attached hydrogens (tertiary/aromatic N) is 3. The van der Waals surface area contributed by atoms with Crippen LogP contribution < -0.4 is 0 Å². The normalized spacial score (nSPS) is 10.7. The van der Waals surface area contributed by atoms with Crippen LogP contribution in [0.1, 0.15) is 16.2 Å². The van der Waals surface area contributed by atoms with E-state index < -0.39 is 0 Å². The van der Waals surface area contributed by atoms with E-state index in [0.29, 0.717) is 32.3 Å². The van der Waals surface area contributed by atoms with Gasteiger partial charge in [0.05, 0.1) is 16.6 Å². The van der Waals surface area contributed by atoms with Crippen LogP contribution in [0.2, 0.25) is 15.1 Å². The Balaban J connectivity index is 1.72. The number of amides is 1. The molecule has 3 rings (SSSR count). The molecule has 0 aliphatic carbocycles. The lowest BCUT2D eigenvalue weighted by atomic mass is 10.2. The minimum absolute atomic E-state index is 0.166. The second kappa shape index (κ2) is 7.44. The lowest BCUT2D eigenvalue weighted by Gasteiger charge is -2.15. The average Bonchev–Trinajstić information content (AvgIpc) is 3.05. The number of rotatable bonds is 4. The van der Waals surface area contributed by atoms with E-state index in [0.717, 1.165) is 5.56 Å². The fourth-order valence-corrected chi connectivity index (χ4v) is 2.58. The Hall–Kier alpha value is -2.08. The molecule has 0 aliphatic rings. The standard InChI is InChI=1S/C17H12Cl3N3O2/c1-23(17(24)11-4-7-13(19)14(20)8-11)9-15-21-16(22-25-15)10-2-5-12(18)6-3-10/h2-8H,9H2,1H3. The molecule has 0 radical (unpaired) electrons. The fraction of sp³-hybridized carbons (Fsp3) is 0.118. The summed E-state index contributed by atoms with van der Waals surface area (Å²) < 4.78 is 5.21. The lowest BCUT2D eigenvalue weighted by Crippen LogP contribution is -2.26. The molecule has 3 aromatic rings. The molecule has 0 N–H and O–H groups in total. The number of halogens is 3. The quantitative estimate of drug-likeness (QED) is 0.625. The molecule has 0 saturated carbocycles. The molecule has 0 saturated heterocycles. The SMILES string of the molecule is CN(Cc1nc(-c2ccc(Cl)cc2)no1)C(=O)c1ccc(Cl)c(Cl)c1. The van der Waals surface area contributed by atoms with Crippen LogP contribution in [0.5, 0.6) is 0 Å². The van der Waals surface area contributed by atoms with Gasteiger partial charge in [0.25, 0.3) is 5.91 Å². The minimum Gasteiger partial charge on any atom is -0.337 e. The molecule has 0 fully saturated rings. The lowest BCUT2D eigenvalue weighted by molar-refractivity contribution is 0.0769. The first-order valence-corrected chi connectivity index (χ1v) is 8.36. The smallest absolute Gasteiger partial charge is 0.254 e. The molecule has 0 atom stereocenters. The van der Waals surface area contributed by atoms with E-state index in [1.54, 1.807) is 43.4 Å². The van der Waals surface area contributed by atoms with E-state index in [1.165, 1.54) is 11.0 Å². The van der Waals surface area contributed by atoms with Crippen LogP contribution in [0.25, 0.3) is 11.4 Å². The molecule has 0 aliphatic heterocycles. The molecule has 2 aromatic carbocycles. The highest BCUT2D eigenvalue weighted by Crippen LogP contribution is 2.23. The zero-order valence-corrected chi connectivity index (χ0v) is 15.3. The molecule has 8 heteroatoms. The third-order valence-corrected chi connectivity index (χ3v) is 4.45. The highest BCUT2D eigenvalue weighted by molar-refractivity contribution is 6.42. The van der Waals surface area contributed by atoms with Gasteiger partial charge in [-0.2, -0.15) is 4.98 Å². The molecule has 25 heavy (non-hydrogen) atoms. The van der Waals surface area contributed by atoms with E-state index in [2.05, 4.69) is 10.1 Å². The second-order valence-electron chi connectivity index (χ2n) is 5.31. The number of benzene rings is 2. The molecule has 1 amide bonds. The van der Waals surface area contributed by atoms with Crippen LogP contribution in [0.15, 0.2) is 47.0 Å². The van der Waals surface area contributed by atoms with Crippen molar-refractivity contribution >= 4 is 40.7 Å². The van der Waals surface area contributed by atoms with Crippen molar-refractivity contribution in [3.05, 3.63) is 69.0 Å². The van der Waals surface area contributed by atoms with E-state index in [-0.39, 0.29) is 12.5 Å². The van der Waals surface area contributed by atoms with Gasteiger partial charge in [0.2, 0.25) is 11.7 Å². The van der Waals surface area contributed by atoms with Crippen molar-refractivity contribution in [1.29, 1.82) is 0 Å². The van der Waals surface area contributed by atoms with Crippen molar-refractivity contribution in [3.63, 3.8) is 0 Å². The van der Waals surface area contributed by atoms with Crippen molar-refractivity contribution in [2.45, 2.75) is 6.54 Å². The van der Waals surface area contributed by atoms with Gasteiger partial charge in [0.15, 0.2) is 0 Å². The van der Waals surface area contributed by atoms with Gasteiger partial charge >= 0.3 is 0 Å². The molecule has 0 spiro atoms. The number of carbonyl (C=O) groups is 1. The van der Waals surface area contributed by atoms with Crippen molar-refractivity contribution in [2.75, 3.05) is 7.05 Å². The Labute approximate surface area is 159 Å². The summed E-state index contributed by atoms with van der Waals surface area (Å²) in [5.74, 6) is 0.521. The Morgan fingerprint density at radius 2 is 1.80 bits per heavy atom. The van der Waals surface area contributed by atoms with Crippen molar-refractivity contribution in [3.8, 4) is 11.4 Å². The Kier molecular flexibility index (Phi) is 5.27. The number of aromatic nitrogens is 2. The van der Waals surface area contributed by atoms with Crippen LogP contribution in [0, 0.1) is 0 Å². The third-order valence-electron chi connectivity index (χ3n) is 3.46. The summed E-state index contributed by atoms with van der Waals surface area (Å²) in [5.41, 5.74) is 1.20. The monoisotopic (exact) mass is 395 g/mol. The topological polar surface area (TPSA) is 59.2 Å². The second-order valence-corrected chi connectivity index (χ2v) is 6.56. The van der Waals surface area contributed by atoms with Gasteiger partial charge in [0, 0.05) is 23.2 Å². The van der Waals surface area contributed by atoms with Crippen molar-refractivity contribution < 1.29 is 9.32 Å². The number of hydrogen-bond donors (Lipinski definition) is 0. The summed E-state index contributed by atoms with van der Waals surface area (Å²) in [6.45, 7) is 0.166. The predicted octanol–water partition coefficient (Wildman–Crippen LogP) is 4.97. The van der Waals surface area contributed by atoms with Gasteiger partial charge < -0.3 is 9.42 Å². The molecule has 0 bridgehead atoms. The van der Waals surface area contributed by atoms with Crippen LogP contribution in [0.3, 0.4) is 0 Å². The Morgan fingerprint density at radius 3 is 2.48 bits per heavy atom. The highest BCUT2D eigenvalue weighted by Gasteiger charge is 2.17. The minimum atomic E-state index is -0.232. The molecule has 1 heterocycles. The van der Waals surface area contributed by atoms with E-state index in [4.69, 9.17) is 39.3 Å². The number of carbonyl (C=O) groups excluding carboxylic acids is 1. The average molecular weight is 397 g/mol. The highest BCUT2D eigenvalue weighted by atomic mass is 35.5. The molecule has 0 unspecified atom stereocenters. The largest absolute Gasteiger partial charge is 0.337 e. The summed E-state index contributed by atoms with van der Waals surface area (Å²) in [7, 11) is 1.64. The molecular formula is C17H12Cl3N3O2.